The molecule has 0 aromatic carbocycles. The molecule has 1 aliphatic rings. The third kappa shape index (κ3) is 4.49. The van der Waals surface area contributed by atoms with Gasteiger partial charge >= 0.3 is 0 Å². The molecule has 1 amide bonds. The molecular weight excluding hydrogens is 202 g/mol. The average molecular weight is 227 g/mol. The predicted molar refractivity (Wildman–Crippen MR) is 66.1 cm³/mol. The molecule has 1 fully saturated rings. The molecule has 0 radical (unpaired) electrons. The van der Waals surface area contributed by atoms with Gasteiger partial charge in [0.05, 0.1) is 6.04 Å². The number of carbonyl (C=O) groups excluding carboxylic acids is 1. The van der Waals surface area contributed by atoms with Gasteiger partial charge in [-0.3, -0.25) is 4.79 Å². The van der Waals surface area contributed by atoms with Gasteiger partial charge in [0.2, 0.25) is 5.91 Å². The van der Waals surface area contributed by atoms with Crippen molar-refractivity contribution >= 4 is 5.91 Å². The van der Waals surface area contributed by atoms with Crippen molar-refractivity contribution in [2.75, 3.05) is 26.2 Å². The number of nitrogens with zero attached hydrogens (tertiary/aromatic N) is 1. The fourth-order valence-electron chi connectivity index (χ4n) is 1.94. The van der Waals surface area contributed by atoms with Gasteiger partial charge in [0.15, 0.2) is 0 Å². The van der Waals surface area contributed by atoms with Crippen LogP contribution < -0.4 is 11.1 Å². The Bertz CT molecular complexity index is 212. The zero-order valence-electron chi connectivity index (χ0n) is 10.5. The maximum Gasteiger partial charge on any atom is 0.237 e. The largest absolute Gasteiger partial charge is 0.353 e. The van der Waals surface area contributed by atoms with E-state index in [9.17, 15) is 4.79 Å². The van der Waals surface area contributed by atoms with Crippen LogP contribution in [0.25, 0.3) is 0 Å². The molecule has 4 nitrogen and oxygen atoms in total. The van der Waals surface area contributed by atoms with Crippen LogP contribution in [0.2, 0.25) is 0 Å². The Morgan fingerprint density at radius 2 is 1.94 bits per heavy atom. The second-order valence-electron chi connectivity index (χ2n) is 4.96. The van der Waals surface area contributed by atoms with Gasteiger partial charge in [-0.1, -0.05) is 20.3 Å². The minimum absolute atomic E-state index is 0.0213. The van der Waals surface area contributed by atoms with Crippen LogP contribution in [0.3, 0.4) is 0 Å². The van der Waals surface area contributed by atoms with Crippen molar-refractivity contribution in [3.63, 3.8) is 0 Å². The minimum atomic E-state index is -0.374. The summed E-state index contributed by atoms with van der Waals surface area (Å²) < 4.78 is 0. The Hall–Kier alpha value is -0.610. The summed E-state index contributed by atoms with van der Waals surface area (Å²) >= 11 is 0. The van der Waals surface area contributed by atoms with E-state index in [1.54, 1.807) is 0 Å². The van der Waals surface area contributed by atoms with Gasteiger partial charge in [-0.15, -0.1) is 0 Å². The van der Waals surface area contributed by atoms with Gasteiger partial charge < -0.3 is 16.0 Å². The van der Waals surface area contributed by atoms with E-state index in [2.05, 4.69) is 10.2 Å². The molecule has 1 rings (SSSR count). The summed E-state index contributed by atoms with van der Waals surface area (Å²) in [4.78, 5) is 14.0. The first-order chi connectivity index (χ1) is 7.61. The van der Waals surface area contributed by atoms with E-state index in [0.717, 1.165) is 13.1 Å². The van der Waals surface area contributed by atoms with Crippen molar-refractivity contribution in [3.8, 4) is 0 Å². The number of likely N-dealkylation sites (tertiary alicyclic amines) is 1. The van der Waals surface area contributed by atoms with Gasteiger partial charge in [-0.25, -0.2) is 0 Å². The van der Waals surface area contributed by atoms with Crippen molar-refractivity contribution in [2.45, 2.75) is 39.2 Å². The second kappa shape index (κ2) is 6.86. The lowest BCUT2D eigenvalue weighted by atomic mass is 10.1. The number of amides is 1. The van der Waals surface area contributed by atoms with E-state index >= 15 is 0 Å². The van der Waals surface area contributed by atoms with E-state index in [-0.39, 0.29) is 17.9 Å². The third-order valence-corrected chi connectivity index (χ3v) is 3.20. The summed E-state index contributed by atoms with van der Waals surface area (Å²) in [6.07, 6.45) is 3.93. The number of carbonyl (C=O) groups is 1. The maximum atomic E-state index is 11.6. The van der Waals surface area contributed by atoms with Crippen LogP contribution >= 0.6 is 0 Å². The monoisotopic (exact) mass is 227 g/mol. The molecule has 0 aliphatic carbocycles. The summed E-state index contributed by atoms with van der Waals surface area (Å²) in [6.45, 7) is 7.96. The van der Waals surface area contributed by atoms with Crippen LogP contribution in [0.5, 0.6) is 0 Å². The SMILES string of the molecule is CC(C)C(N)C(=O)NCCN1CCCCC1. The minimum Gasteiger partial charge on any atom is -0.353 e. The molecule has 3 N–H and O–H groups in total. The highest BCUT2D eigenvalue weighted by Crippen LogP contribution is 2.07. The van der Waals surface area contributed by atoms with Crippen LogP contribution in [-0.4, -0.2) is 43.0 Å². The van der Waals surface area contributed by atoms with Crippen LogP contribution in [0.4, 0.5) is 0 Å². The molecule has 0 saturated carbocycles. The first-order valence-corrected chi connectivity index (χ1v) is 6.37. The average Bonchev–Trinajstić information content (AvgIpc) is 2.29. The van der Waals surface area contributed by atoms with Crippen LogP contribution in [0.1, 0.15) is 33.1 Å². The van der Waals surface area contributed by atoms with Gasteiger partial charge in [0.25, 0.3) is 0 Å². The summed E-state index contributed by atoms with van der Waals surface area (Å²) in [5, 5.41) is 2.91. The molecule has 0 bridgehead atoms. The lowest BCUT2D eigenvalue weighted by Crippen LogP contribution is -2.46. The Morgan fingerprint density at radius 1 is 1.31 bits per heavy atom. The molecule has 1 heterocycles. The van der Waals surface area contributed by atoms with E-state index in [4.69, 9.17) is 5.73 Å². The molecule has 1 atom stereocenters. The Morgan fingerprint density at radius 3 is 2.50 bits per heavy atom. The lowest BCUT2D eigenvalue weighted by molar-refractivity contribution is -0.123. The Balaban J connectivity index is 2.12. The molecule has 1 saturated heterocycles. The van der Waals surface area contributed by atoms with Crippen molar-refractivity contribution in [2.24, 2.45) is 11.7 Å². The zero-order chi connectivity index (χ0) is 12.0. The standard InChI is InChI=1S/C12H25N3O/c1-10(2)11(13)12(16)14-6-9-15-7-4-3-5-8-15/h10-11H,3-9,13H2,1-2H3,(H,14,16). The first-order valence-electron chi connectivity index (χ1n) is 6.37. The van der Waals surface area contributed by atoms with Crippen molar-refractivity contribution in [1.82, 2.24) is 10.2 Å². The van der Waals surface area contributed by atoms with Gasteiger partial charge in [-0.05, 0) is 31.8 Å². The topological polar surface area (TPSA) is 58.4 Å². The molecule has 4 heteroatoms. The molecule has 1 unspecified atom stereocenters. The molecule has 1 aliphatic heterocycles. The number of piperidine rings is 1. The fourth-order valence-corrected chi connectivity index (χ4v) is 1.94. The fraction of sp³-hybridized carbons (Fsp3) is 0.917. The Kier molecular flexibility index (Phi) is 5.77. The van der Waals surface area contributed by atoms with Gasteiger partial charge in [-0.2, -0.15) is 0 Å². The van der Waals surface area contributed by atoms with Crippen LogP contribution in [0.15, 0.2) is 0 Å². The summed E-state index contributed by atoms with van der Waals surface area (Å²) in [6, 6.07) is -0.374. The zero-order valence-corrected chi connectivity index (χ0v) is 10.5. The number of nitrogens with one attached hydrogen (secondary N) is 1. The predicted octanol–water partition coefficient (Wildman–Crippen LogP) is 0.572. The van der Waals surface area contributed by atoms with E-state index in [1.807, 2.05) is 13.8 Å². The highest BCUT2D eigenvalue weighted by atomic mass is 16.2. The van der Waals surface area contributed by atoms with Gasteiger partial charge in [0.1, 0.15) is 0 Å². The summed E-state index contributed by atoms with van der Waals surface area (Å²) in [5.74, 6) is 0.182. The number of nitrogens with two attached hydrogens (primary N) is 1. The van der Waals surface area contributed by atoms with Crippen LogP contribution in [0, 0.1) is 5.92 Å². The smallest absolute Gasteiger partial charge is 0.237 e. The molecule has 0 aromatic heterocycles. The number of hydrogen-bond acceptors (Lipinski definition) is 3. The summed E-state index contributed by atoms with van der Waals surface area (Å²) in [5.41, 5.74) is 5.75. The van der Waals surface area contributed by atoms with Crippen molar-refractivity contribution in [1.29, 1.82) is 0 Å². The third-order valence-electron chi connectivity index (χ3n) is 3.20. The van der Waals surface area contributed by atoms with Crippen molar-refractivity contribution in [3.05, 3.63) is 0 Å². The lowest BCUT2D eigenvalue weighted by Gasteiger charge is -2.26. The maximum absolute atomic E-state index is 11.6. The van der Waals surface area contributed by atoms with E-state index < -0.39 is 0 Å². The highest BCUT2D eigenvalue weighted by molar-refractivity contribution is 5.81. The summed E-state index contributed by atoms with van der Waals surface area (Å²) in [7, 11) is 0. The Labute approximate surface area is 98.6 Å². The molecular formula is C12H25N3O. The first kappa shape index (κ1) is 13.5. The molecule has 0 spiro atoms. The normalized spacial score (nSPS) is 19.8. The molecule has 16 heavy (non-hydrogen) atoms. The van der Waals surface area contributed by atoms with Gasteiger partial charge in [0, 0.05) is 13.1 Å². The van der Waals surface area contributed by atoms with E-state index in [1.165, 1.54) is 32.4 Å². The number of rotatable bonds is 5. The second-order valence-corrected chi connectivity index (χ2v) is 4.96. The number of hydrogen-bond donors (Lipinski definition) is 2. The highest BCUT2D eigenvalue weighted by Gasteiger charge is 2.17. The van der Waals surface area contributed by atoms with Crippen molar-refractivity contribution < 1.29 is 4.79 Å². The molecule has 0 aromatic rings. The molecule has 94 valence electrons. The quantitative estimate of drug-likeness (QED) is 0.722. The van der Waals surface area contributed by atoms with E-state index in [0.29, 0.717) is 0 Å². The van der Waals surface area contributed by atoms with Crippen LogP contribution in [-0.2, 0) is 4.79 Å².